The summed E-state index contributed by atoms with van der Waals surface area (Å²) in [5.74, 6) is 0.167. The lowest BCUT2D eigenvalue weighted by atomic mass is 10.0. The van der Waals surface area contributed by atoms with E-state index in [0.717, 1.165) is 0 Å². The maximum Gasteiger partial charge on any atom is 0.151 e. The van der Waals surface area contributed by atoms with E-state index in [0.29, 0.717) is 0 Å². The van der Waals surface area contributed by atoms with Crippen LogP contribution in [-0.2, 0) is 14.4 Å². The van der Waals surface area contributed by atoms with Crippen LogP contribution in [0, 0.1) is 0 Å². The van der Waals surface area contributed by atoms with Crippen molar-refractivity contribution in [3.05, 3.63) is 0 Å². The predicted molar refractivity (Wildman–Crippen MR) is 72.7 cm³/mol. The molecule has 0 bridgehead atoms. The minimum atomic E-state index is -1.79. The van der Waals surface area contributed by atoms with Crippen LogP contribution in [0.4, 0.5) is 0 Å². The normalized spacial score (nSPS) is 16.4. The van der Waals surface area contributed by atoms with Gasteiger partial charge in [-0.1, -0.05) is 0 Å². The zero-order valence-corrected chi connectivity index (χ0v) is 12.3. The van der Waals surface area contributed by atoms with Gasteiger partial charge >= 0.3 is 0 Å². The van der Waals surface area contributed by atoms with Gasteiger partial charge in [-0.2, -0.15) is 0 Å². The summed E-state index contributed by atoms with van der Waals surface area (Å²) in [5.41, 5.74) is 0. The number of aliphatic hydroxyl groups is 7. The van der Waals surface area contributed by atoms with Gasteiger partial charge in [-0.05, 0) is 13.8 Å². The highest BCUT2D eigenvalue weighted by molar-refractivity contribution is 5.72. The largest absolute Gasteiger partial charge is 0.394 e. The van der Waals surface area contributed by atoms with Crippen molar-refractivity contribution in [1.29, 1.82) is 0 Å². The zero-order chi connectivity index (χ0) is 18.3. The van der Waals surface area contributed by atoms with E-state index in [9.17, 15) is 14.4 Å². The van der Waals surface area contributed by atoms with Gasteiger partial charge < -0.3 is 50.1 Å². The third-order valence-corrected chi connectivity index (χ3v) is 1.76. The first-order valence-corrected chi connectivity index (χ1v) is 6.08. The molecule has 5 atom stereocenters. The molecule has 10 nitrogen and oxygen atoms in total. The van der Waals surface area contributed by atoms with Crippen LogP contribution >= 0.6 is 0 Å². The lowest BCUT2D eigenvalue weighted by Crippen LogP contribution is -2.46. The van der Waals surface area contributed by atoms with Crippen LogP contribution in [0.1, 0.15) is 13.8 Å². The molecule has 0 fully saturated rings. The number of carbonyl (C=O) groups excluding carboxylic acids is 3. The summed E-state index contributed by atoms with van der Waals surface area (Å²) in [5, 5.41) is 59.4. The number of aliphatic hydroxyl groups excluding tert-OH is 7. The SMILES string of the molecule is CC(C)=O.O=CC(O)C(O)C(O)C(O)CO.O=CC(O)CO. The monoisotopic (exact) mass is 328 g/mol. The Morgan fingerprint density at radius 2 is 1.27 bits per heavy atom. The summed E-state index contributed by atoms with van der Waals surface area (Å²) in [6.45, 7) is 1.81. The molecule has 0 saturated heterocycles. The molecule has 0 amide bonds. The second-order valence-corrected chi connectivity index (χ2v) is 4.15. The van der Waals surface area contributed by atoms with Crippen LogP contribution in [0.15, 0.2) is 0 Å². The third-order valence-electron chi connectivity index (χ3n) is 1.76. The molecule has 0 heterocycles. The minimum absolute atomic E-state index is 0.0258. The van der Waals surface area contributed by atoms with Gasteiger partial charge in [0.25, 0.3) is 0 Å². The predicted octanol–water partition coefficient (Wildman–Crippen LogP) is -4.24. The van der Waals surface area contributed by atoms with E-state index in [1.165, 1.54) is 13.8 Å². The van der Waals surface area contributed by atoms with Crippen LogP contribution in [0.3, 0.4) is 0 Å². The van der Waals surface area contributed by atoms with E-state index in [4.69, 9.17) is 35.7 Å². The van der Waals surface area contributed by atoms with E-state index < -0.39 is 43.7 Å². The zero-order valence-electron chi connectivity index (χ0n) is 12.3. The maximum absolute atomic E-state index is 9.90. The van der Waals surface area contributed by atoms with E-state index in [-0.39, 0.29) is 18.4 Å². The summed E-state index contributed by atoms with van der Waals surface area (Å²) in [7, 11) is 0. The van der Waals surface area contributed by atoms with E-state index in [2.05, 4.69) is 0 Å². The molecule has 5 unspecified atom stereocenters. The molecule has 0 aliphatic carbocycles. The Balaban J connectivity index is -0.000000300. The Bertz CT molecular complexity index is 292. The fraction of sp³-hybridized carbons (Fsp3) is 0.750. The molecular formula is C12H24O10. The standard InChI is InChI=1S/C6H12O6.C3H6O3.C3H6O/c7-1-3(9)5(11)6(12)4(10)2-8;4-1-3(6)2-5;1-3(2)4/h1,3-6,8-12H,2H2;1,3,5-6H,2H2;1-2H3. The molecule has 7 N–H and O–H groups in total. The average molecular weight is 328 g/mol. The Morgan fingerprint density at radius 1 is 0.864 bits per heavy atom. The third kappa shape index (κ3) is 16.8. The summed E-state index contributed by atoms with van der Waals surface area (Å²) in [4.78, 5) is 28.7. The van der Waals surface area contributed by atoms with Crippen molar-refractivity contribution in [2.45, 2.75) is 44.4 Å². The van der Waals surface area contributed by atoms with Crippen molar-refractivity contribution < 1.29 is 50.1 Å². The molecular weight excluding hydrogens is 304 g/mol. The number of aldehydes is 2. The summed E-state index contributed by atoms with van der Waals surface area (Å²) >= 11 is 0. The van der Waals surface area contributed by atoms with Gasteiger partial charge in [0.05, 0.1) is 13.2 Å². The van der Waals surface area contributed by atoms with Crippen molar-refractivity contribution >= 4 is 18.4 Å². The molecule has 10 heteroatoms. The van der Waals surface area contributed by atoms with Gasteiger partial charge in [0.15, 0.2) is 12.6 Å². The molecule has 0 saturated carbocycles. The fourth-order valence-electron chi connectivity index (χ4n) is 0.661. The second-order valence-electron chi connectivity index (χ2n) is 4.15. The Morgan fingerprint density at radius 3 is 1.45 bits per heavy atom. The quantitative estimate of drug-likeness (QED) is 0.225. The maximum atomic E-state index is 9.90. The average Bonchev–Trinajstić information content (AvgIpc) is 2.50. The summed E-state index contributed by atoms with van der Waals surface area (Å²) in [6, 6.07) is 0. The number of hydrogen-bond acceptors (Lipinski definition) is 10. The Kier molecular flexibility index (Phi) is 18.8. The van der Waals surface area contributed by atoms with Crippen molar-refractivity contribution in [3.63, 3.8) is 0 Å². The van der Waals surface area contributed by atoms with Crippen LogP contribution < -0.4 is 0 Å². The van der Waals surface area contributed by atoms with Crippen molar-refractivity contribution in [2.75, 3.05) is 13.2 Å². The first kappa shape index (κ1) is 25.7. The van der Waals surface area contributed by atoms with Gasteiger partial charge in [-0.25, -0.2) is 0 Å². The van der Waals surface area contributed by atoms with Crippen molar-refractivity contribution in [1.82, 2.24) is 0 Å². The van der Waals surface area contributed by atoms with Crippen LogP contribution in [0.2, 0.25) is 0 Å². The Hall–Kier alpha value is -1.27. The number of carbonyl (C=O) groups is 3. The lowest BCUT2D eigenvalue weighted by molar-refractivity contribution is -0.136. The summed E-state index contributed by atoms with van der Waals surface area (Å²) in [6.07, 6.45) is -7.75. The van der Waals surface area contributed by atoms with E-state index in [1.807, 2.05) is 0 Å². The first-order chi connectivity index (χ1) is 10.1. The highest BCUT2D eigenvalue weighted by atomic mass is 16.4. The molecule has 0 aromatic heterocycles. The molecule has 0 aromatic carbocycles. The fourth-order valence-corrected chi connectivity index (χ4v) is 0.661. The minimum Gasteiger partial charge on any atom is -0.394 e. The van der Waals surface area contributed by atoms with Crippen LogP contribution in [0.5, 0.6) is 0 Å². The number of ketones is 1. The van der Waals surface area contributed by atoms with Crippen LogP contribution in [-0.4, -0.2) is 97.8 Å². The number of hydrogen-bond donors (Lipinski definition) is 7. The molecule has 0 aromatic rings. The highest BCUT2D eigenvalue weighted by Crippen LogP contribution is 2.02. The molecule has 22 heavy (non-hydrogen) atoms. The topological polar surface area (TPSA) is 193 Å². The number of Topliss-reactive ketones (excluding diaryl/α,β-unsaturated/α-hetero) is 1. The molecule has 0 rings (SSSR count). The summed E-state index contributed by atoms with van der Waals surface area (Å²) < 4.78 is 0. The second kappa shape index (κ2) is 16.1. The van der Waals surface area contributed by atoms with E-state index >= 15 is 0 Å². The van der Waals surface area contributed by atoms with Crippen molar-refractivity contribution in [3.8, 4) is 0 Å². The van der Waals surface area contributed by atoms with Gasteiger partial charge in [0.2, 0.25) is 0 Å². The lowest BCUT2D eigenvalue weighted by Gasteiger charge is -2.22. The van der Waals surface area contributed by atoms with Crippen LogP contribution in [0.25, 0.3) is 0 Å². The molecule has 0 aliphatic heterocycles. The van der Waals surface area contributed by atoms with E-state index in [1.54, 1.807) is 0 Å². The van der Waals surface area contributed by atoms with Gasteiger partial charge in [-0.3, -0.25) is 0 Å². The molecule has 0 aliphatic rings. The first-order valence-electron chi connectivity index (χ1n) is 6.08. The smallest absolute Gasteiger partial charge is 0.151 e. The Labute approximate surface area is 127 Å². The van der Waals surface area contributed by atoms with Crippen molar-refractivity contribution in [2.24, 2.45) is 0 Å². The molecule has 0 spiro atoms. The highest BCUT2D eigenvalue weighted by Gasteiger charge is 2.29. The number of rotatable bonds is 7. The molecule has 132 valence electrons. The van der Waals surface area contributed by atoms with Gasteiger partial charge in [0.1, 0.15) is 36.3 Å². The molecule has 0 radical (unpaired) electrons. The van der Waals surface area contributed by atoms with Gasteiger partial charge in [0, 0.05) is 0 Å². The van der Waals surface area contributed by atoms with Gasteiger partial charge in [-0.15, -0.1) is 0 Å².